The summed E-state index contributed by atoms with van der Waals surface area (Å²) < 4.78 is 67.9. The minimum Gasteiger partial charge on any atom is -0.364 e. The molecule has 3 heterocycles. The first-order valence-electron chi connectivity index (χ1n) is 8.62. The third kappa shape index (κ3) is 3.65. The fourth-order valence-corrected chi connectivity index (χ4v) is 3.65. The first-order valence-corrected chi connectivity index (χ1v) is 9.50. The third-order valence-corrected chi connectivity index (χ3v) is 5.33. The van der Waals surface area contributed by atoms with Gasteiger partial charge in [0.25, 0.3) is 6.43 Å². The Balaban J connectivity index is 1.87. The van der Waals surface area contributed by atoms with Gasteiger partial charge in [-0.1, -0.05) is 36.4 Å². The highest BCUT2D eigenvalue weighted by atomic mass is 32.1. The van der Waals surface area contributed by atoms with Crippen LogP contribution in [0.4, 0.5) is 27.9 Å². The summed E-state index contributed by atoms with van der Waals surface area (Å²) in [4.78, 5) is 7.78. The number of aromatic nitrogens is 2. The van der Waals surface area contributed by atoms with Gasteiger partial charge in [-0.3, -0.25) is 0 Å². The molecule has 4 rings (SSSR count). The molecule has 0 amide bonds. The van der Waals surface area contributed by atoms with E-state index in [4.69, 9.17) is 0 Å². The van der Waals surface area contributed by atoms with Crippen molar-refractivity contribution in [3.63, 3.8) is 0 Å². The second-order valence-corrected chi connectivity index (χ2v) is 7.44. The van der Waals surface area contributed by atoms with Crippen LogP contribution in [0, 0.1) is 0 Å². The van der Waals surface area contributed by atoms with Crippen LogP contribution in [-0.4, -0.2) is 32.9 Å². The second-order valence-electron chi connectivity index (χ2n) is 6.49. The van der Waals surface area contributed by atoms with Gasteiger partial charge < -0.3 is 5.11 Å². The van der Waals surface area contributed by atoms with E-state index in [-0.39, 0.29) is 11.4 Å². The summed E-state index contributed by atoms with van der Waals surface area (Å²) in [7, 11) is 0. The van der Waals surface area contributed by atoms with Crippen LogP contribution in [-0.2, 0) is 6.18 Å². The van der Waals surface area contributed by atoms with Crippen molar-refractivity contribution in [2.45, 2.75) is 24.7 Å². The van der Waals surface area contributed by atoms with E-state index in [1.165, 1.54) is 0 Å². The van der Waals surface area contributed by atoms with Crippen molar-refractivity contribution in [2.75, 3.05) is 5.01 Å². The van der Waals surface area contributed by atoms with E-state index in [9.17, 15) is 27.1 Å². The highest BCUT2D eigenvalue weighted by molar-refractivity contribution is 7.13. The molecule has 0 bridgehead atoms. The summed E-state index contributed by atoms with van der Waals surface area (Å²) in [6, 6.07) is 12.1. The molecule has 0 radical (unpaired) electrons. The third-order valence-electron chi connectivity index (χ3n) is 4.44. The van der Waals surface area contributed by atoms with Crippen LogP contribution in [0.5, 0.6) is 0 Å². The van der Waals surface area contributed by atoms with Crippen molar-refractivity contribution in [3.05, 3.63) is 65.2 Å². The number of aliphatic hydroxyl groups is 1. The lowest BCUT2D eigenvalue weighted by atomic mass is 10.0. The predicted molar refractivity (Wildman–Crippen MR) is 101 cm³/mol. The molecule has 0 aliphatic carbocycles. The summed E-state index contributed by atoms with van der Waals surface area (Å²) in [6.45, 7) is 0. The zero-order valence-electron chi connectivity index (χ0n) is 15.0. The first kappa shape index (κ1) is 20.4. The molecule has 3 aromatic rings. The van der Waals surface area contributed by atoms with Crippen LogP contribution in [0.2, 0.25) is 0 Å². The van der Waals surface area contributed by atoms with Crippen LogP contribution in [0.1, 0.15) is 17.7 Å². The summed E-state index contributed by atoms with van der Waals surface area (Å²) >= 11 is 1.13. The largest absolute Gasteiger partial charge is 0.433 e. The number of rotatable bonds is 4. The monoisotopic (exact) mass is 440 g/mol. The molecular formula is C19H13F5N4OS. The van der Waals surface area contributed by atoms with Crippen LogP contribution >= 0.6 is 11.3 Å². The van der Waals surface area contributed by atoms with Gasteiger partial charge in [0, 0.05) is 6.42 Å². The molecule has 0 fully saturated rings. The molecule has 1 aliphatic rings. The molecular weight excluding hydrogens is 427 g/mol. The van der Waals surface area contributed by atoms with E-state index in [1.54, 1.807) is 47.8 Å². The average molecular weight is 440 g/mol. The van der Waals surface area contributed by atoms with Crippen molar-refractivity contribution in [1.29, 1.82) is 0 Å². The van der Waals surface area contributed by atoms with E-state index in [2.05, 4.69) is 15.1 Å². The fourth-order valence-electron chi connectivity index (χ4n) is 2.97. The maximum Gasteiger partial charge on any atom is 0.433 e. The Bertz CT molecular complexity index is 1070. The minimum atomic E-state index is -4.85. The number of hydrogen-bond donors (Lipinski definition) is 1. The van der Waals surface area contributed by atoms with Gasteiger partial charge in [-0.2, -0.15) is 23.3 Å². The fraction of sp³-hybridized carbons (Fsp3) is 0.211. The zero-order chi connectivity index (χ0) is 21.5. The van der Waals surface area contributed by atoms with Crippen molar-refractivity contribution in [2.24, 2.45) is 5.10 Å². The number of halogens is 5. The molecule has 1 aliphatic heterocycles. The Labute approximate surface area is 171 Å². The number of anilines is 1. The standard InChI is InChI=1S/C19H13F5N4OS/c20-16(21)18(29)10-13(11-5-2-1-3-6-11)27-28(18)17-25-12(14-7-4-8-30-14)9-15(26-17)19(22,23)24/h1-9,16,29H,10H2/t18-/m1/s1. The van der Waals surface area contributed by atoms with E-state index in [1.807, 2.05) is 0 Å². The second kappa shape index (κ2) is 7.40. The van der Waals surface area contributed by atoms with Crippen LogP contribution in [0.15, 0.2) is 59.0 Å². The maximum atomic E-state index is 13.8. The highest BCUT2D eigenvalue weighted by Crippen LogP contribution is 2.39. The summed E-state index contributed by atoms with van der Waals surface area (Å²) in [5.41, 5.74) is -3.79. The normalized spacial score (nSPS) is 19.4. The Morgan fingerprint density at radius 1 is 1.07 bits per heavy atom. The Hall–Kier alpha value is -2.92. The summed E-state index contributed by atoms with van der Waals surface area (Å²) in [5, 5.41) is 16.6. The SMILES string of the molecule is O[C@@]1(C(F)F)CC(c2ccccc2)=NN1c1nc(-c2cccs2)cc(C(F)(F)F)n1. The minimum absolute atomic E-state index is 0.0806. The van der Waals surface area contributed by atoms with Crippen LogP contribution < -0.4 is 5.01 Å². The first-order chi connectivity index (χ1) is 14.2. The van der Waals surface area contributed by atoms with Crippen molar-refractivity contribution in [3.8, 4) is 10.6 Å². The number of hydrogen-bond acceptors (Lipinski definition) is 6. The molecule has 0 saturated heterocycles. The lowest BCUT2D eigenvalue weighted by molar-refractivity contribution is -0.141. The van der Waals surface area contributed by atoms with E-state index >= 15 is 0 Å². The maximum absolute atomic E-state index is 13.8. The number of alkyl halides is 5. The Kier molecular flexibility index (Phi) is 5.02. The number of nitrogens with zero attached hydrogens (tertiary/aromatic N) is 4. The summed E-state index contributed by atoms with van der Waals surface area (Å²) in [6.07, 6.45) is -8.80. The molecule has 156 valence electrons. The molecule has 0 saturated carbocycles. The van der Waals surface area contributed by atoms with Gasteiger partial charge in [-0.05, 0) is 23.1 Å². The zero-order valence-corrected chi connectivity index (χ0v) is 15.8. The molecule has 11 heteroatoms. The average Bonchev–Trinajstić information content (AvgIpc) is 3.36. The summed E-state index contributed by atoms with van der Waals surface area (Å²) in [5.74, 6) is -0.762. The molecule has 1 aromatic carbocycles. The van der Waals surface area contributed by atoms with Gasteiger partial charge in [0.15, 0.2) is 5.69 Å². The molecule has 1 atom stereocenters. The van der Waals surface area contributed by atoms with Crippen LogP contribution in [0.25, 0.3) is 10.6 Å². The molecule has 0 spiro atoms. The molecule has 2 aromatic heterocycles. The van der Waals surface area contributed by atoms with Gasteiger partial charge in [-0.25, -0.2) is 18.7 Å². The number of benzene rings is 1. The van der Waals surface area contributed by atoms with E-state index in [0.29, 0.717) is 15.4 Å². The predicted octanol–water partition coefficient (Wildman–Crippen LogP) is 4.79. The van der Waals surface area contributed by atoms with Gasteiger partial charge >= 0.3 is 6.18 Å². The van der Waals surface area contributed by atoms with Gasteiger partial charge in [0.05, 0.1) is 16.3 Å². The van der Waals surface area contributed by atoms with E-state index in [0.717, 1.165) is 17.4 Å². The lowest BCUT2D eigenvalue weighted by Crippen LogP contribution is -2.50. The van der Waals surface area contributed by atoms with Crippen LogP contribution in [0.3, 0.4) is 0 Å². The Morgan fingerprint density at radius 3 is 2.40 bits per heavy atom. The van der Waals surface area contributed by atoms with Gasteiger partial charge in [0.2, 0.25) is 11.7 Å². The van der Waals surface area contributed by atoms with Crippen molar-refractivity contribution >= 4 is 23.0 Å². The number of thiophene rings is 1. The molecule has 30 heavy (non-hydrogen) atoms. The molecule has 1 N–H and O–H groups in total. The quantitative estimate of drug-likeness (QED) is 0.593. The van der Waals surface area contributed by atoms with Gasteiger partial charge in [-0.15, -0.1) is 11.3 Å². The topological polar surface area (TPSA) is 61.6 Å². The van der Waals surface area contributed by atoms with Gasteiger partial charge in [0.1, 0.15) is 0 Å². The smallest absolute Gasteiger partial charge is 0.364 e. The lowest BCUT2D eigenvalue weighted by Gasteiger charge is -2.30. The highest BCUT2D eigenvalue weighted by Gasteiger charge is 2.51. The van der Waals surface area contributed by atoms with Crippen molar-refractivity contribution in [1.82, 2.24) is 9.97 Å². The van der Waals surface area contributed by atoms with Crippen molar-refractivity contribution < 1.29 is 27.1 Å². The molecule has 0 unspecified atom stereocenters. The number of hydrazone groups is 1. The van der Waals surface area contributed by atoms with E-state index < -0.39 is 36.4 Å². The molecule has 5 nitrogen and oxygen atoms in total. The Morgan fingerprint density at radius 2 is 1.80 bits per heavy atom.